The maximum Gasteiger partial charge on any atom is 0.211 e. The number of aromatic amines is 1. The molecule has 5 nitrogen and oxygen atoms in total. The fourth-order valence-corrected chi connectivity index (χ4v) is 2.10. The number of benzene rings is 1. The molecule has 3 aromatic rings. The van der Waals surface area contributed by atoms with Crippen molar-refractivity contribution in [3.63, 3.8) is 0 Å². The molecule has 0 atom stereocenters. The number of anilines is 2. The van der Waals surface area contributed by atoms with E-state index < -0.39 is 0 Å². The van der Waals surface area contributed by atoms with Gasteiger partial charge in [-0.15, -0.1) is 0 Å². The Hall–Kier alpha value is -2.82. The summed E-state index contributed by atoms with van der Waals surface area (Å²) in [5.41, 5.74) is 10.0. The Balaban J connectivity index is 2.22. The first-order valence-corrected chi connectivity index (χ1v) is 5.81. The van der Waals surface area contributed by atoms with Crippen LogP contribution in [0, 0.1) is 0 Å². The summed E-state index contributed by atoms with van der Waals surface area (Å²) < 4.78 is 0. The van der Waals surface area contributed by atoms with E-state index in [-0.39, 0.29) is 0 Å². The normalized spacial score (nSPS) is 10.5. The number of aromatic nitrogens is 2. The summed E-state index contributed by atoms with van der Waals surface area (Å²) in [7, 11) is 0. The van der Waals surface area contributed by atoms with Crippen LogP contribution in [-0.4, -0.2) is 16.4 Å². The highest BCUT2D eigenvalue weighted by molar-refractivity contribution is 6.03. The van der Waals surface area contributed by atoms with Crippen molar-refractivity contribution in [1.29, 1.82) is 0 Å². The Morgan fingerprint density at radius 1 is 1.32 bits per heavy atom. The van der Waals surface area contributed by atoms with E-state index in [4.69, 9.17) is 5.73 Å². The number of hydrogen-bond donors (Lipinski definition) is 3. The summed E-state index contributed by atoms with van der Waals surface area (Å²) >= 11 is 0. The Morgan fingerprint density at radius 3 is 2.95 bits per heavy atom. The predicted molar refractivity (Wildman–Crippen MR) is 75.6 cm³/mol. The van der Waals surface area contributed by atoms with Gasteiger partial charge in [0, 0.05) is 34.7 Å². The molecule has 1 amide bonds. The standard InChI is InChI=1S/C14H12N4O/c15-11-3-4-12(17-8-19)14-10(11)6-13(18-14)9-2-1-5-16-7-9/h1-8,18H,15H2,(H,17,19). The predicted octanol–water partition coefficient (Wildman–Crippen LogP) is 2.38. The van der Waals surface area contributed by atoms with Crippen molar-refractivity contribution in [2.75, 3.05) is 11.1 Å². The zero-order chi connectivity index (χ0) is 13.2. The van der Waals surface area contributed by atoms with E-state index in [2.05, 4.69) is 15.3 Å². The zero-order valence-electron chi connectivity index (χ0n) is 10.1. The van der Waals surface area contributed by atoms with Gasteiger partial charge in [-0.2, -0.15) is 0 Å². The quantitative estimate of drug-likeness (QED) is 0.494. The first-order valence-electron chi connectivity index (χ1n) is 5.81. The summed E-state index contributed by atoms with van der Waals surface area (Å²) in [6, 6.07) is 9.33. The number of nitrogen functional groups attached to an aromatic ring is 1. The van der Waals surface area contributed by atoms with E-state index in [9.17, 15) is 4.79 Å². The lowest BCUT2D eigenvalue weighted by molar-refractivity contribution is -0.105. The van der Waals surface area contributed by atoms with Crippen LogP contribution in [0.5, 0.6) is 0 Å². The molecule has 0 aliphatic heterocycles. The number of fused-ring (bicyclic) bond motifs is 1. The Bertz CT molecular complexity index is 734. The number of hydrogen-bond acceptors (Lipinski definition) is 3. The smallest absolute Gasteiger partial charge is 0.211 e. The van der Waals surface area contributed by atoms with Crippen LogP contribution >= 0.6 is 0 Å². The summed E-state index contributed by atoms with van der Waals surface area (Å²) in [4.78, 5) is 18.0. The molecule has 4 N–H and O–H groups in total. The molecule has 19 heavy (non-hydrogen) atoms. The Labute approximate surface area is 109 Å². The number of nitrogens with zero attached hydrogens (tertiary/aromatic N) is 1. The van der Waals surface area contributed by atoms with Gasteiger partial charge in [0.25, 0.3) is 0 Å². The number of H-pyrrole nitrogens is 1. The largest absolute Gasteiger partial charge is 0.398 e. The maximum absolute atomic E-state index is 10.6. The van der Waals surface area contributed by atoms with Crippen molar-refractivity contribution in [3.8, 4) is 11.3 Å². The molecule has 0 radical (unpaired) electrons. The highest BCUT2D eigenvalue weighted by Gasteiger charge is 2.09. The first-order chi connectivity index (χ1) is 9.29. The number of amides is 1. The summed E-state index contributed by atoms with van der Waals surface area (Å²) in [6.07, 6.45) is 4.14. The van der Waals surface area contributed by atoms with Crippen LogP contribution < -0.4 is 11.1 Å². The Kier molecular flexibility index (Phi) is 2.64. The topological polar surface area (TPSA) is 83.8 Å². The van der Waals surface area contributed by atoms with Gasteiger partial charge in [-0.1, -0.05) is 0 Å². The molecular weight excluding hydrogens is 240 g/mol. The second-order valence-electron chi connectivity index (χ2n) is 4.18. The molecule has 0 aliphatic rings. The SMILES string of the molecule is Nc1ccc(NC=O)c2[nH]c(-c3cccnc3)cc12. The zero-order valence-corrected chi connectivity index (χ0v) is 10.1. The molecule has 0 spiro atoms. The van der Waals surface area contributed by atoms with E-state index in [1.165, 1.54) is 0 Å². The van der Waals surface area contributed by atoms with Gasteiger partial charge >= 0.3 is 0 Å². The molecule has 1 aromatic carbocycles. The van der Waals surface area contributed by atoms with Crippen molar-refractivity contribution in [2.24, 2.45) is 0 Å². The van der Waals surface area contributed by atoms with Crippen molar-refractivity contribution in [2.45, 2.75) is 0 Å². The van der Waals surface area contributed by atoms with Crippen LogP contribution in [0.2, 0.25) is 0 Å². The van der Waals surface area contributed by atoms with Crippen LogP contribution in [0.1, 0.15) is 0 Å². The van der Waals surface area contributed by atoms with Crippen LogP contribution in [0.3, 0.4) is 0 Å². The van der Waals surface area contributed by atoms with Gasteiger partial charge < -0.3 is 16.0 Å². The summed E-state index contributed by atoms with van der Waals surface area (Å²) in [5.74, 6) is 0. The molecule has 0 unspecified atom stereocenters. The van der Waals surface area contributed by atoms with E-state index in [1.54, 1.807) is 24.5 Å². The van der Waals surface area contributed by atoms with Crippen LogP contribution in [0.15, 0.2) is 42.7 Å². The van der Waals surface area contributed by atoms with Gasteiger partial charge in [0.05, 0.1) is 11.2 Å². The van der Waals surface area contributed by atoms with Gasteiger partial charge in [-0.3, -0.25) is 9.78 Å². The van der Waals surface area contributed by atoms with Crippen molar-refractivity contribution in [3.05, 3.63) is 42.7 Å². The highest BCUT2D eigenvalue weighted by Crippen LogP contribution is 2.32. The van der Waals surface area contributed by atoms with E-state index in [1.807, 2.05) is 18.2 Å². The van der Waals surface area contributed by atoms with Gasteiger partial charge in [0.15, 0.2) is 0 Å². The van der Waals surface area contributed by atoms with E-state index >= 15 is 0 Å². The monoisotopic (exact) mass is 252 g/mol. The van der Waals surface area contributed by atoms with Crippen molar-refractivity contribution < 1.29 is 4.79 Å². The fraction of sp³-hybridized carbons (Fsp3) is 0. The average Bonchev–Trinajstić information content (AvgIpc) is 2.89. The van der Waals surface area contributed by atoms with Crippen LogP contribution in [0.25, 0.3) is 22.2 Å². The minimum absolute atomic E-state index is 0.648. The average molecular weight is 252 g/mol. The molecule has 0 aliphatic carbocycles. The minimum atomic E-state index is 0.648. The number of nitrogens with two attached hydrogens (primary N) is 1. The third kappa shape index (κ3) is 1.91. The molecule has 0 saturated heterocycles. The first kappa shape index (κ1) is 11.3. The lowest BCUT2D eigenvalue weighted by atomic mass is 10.1. The molecule has 0 saturated carbocycles. The minimum Gasteiger partial charge on any atom is -0.398 e. The summed E-state index contributed by atoms with van der Waals surface area (Å²) in [5, 5.41) is 3.54. The van der Waals surface area contributed by atoms with E-state index in [0.717, 1.165) is 22.2 Å². The highest BCUT2D eigenvalue weighted by atomic mass is 16.1. The van der Waals surface area contributed by atoms with Crippen LogP contribution in [-0.2, 0) is 4.79 Å². The molecule has 2 heterocycles. The van der Waals surface area contributed by atoms with Crippen molar-refractivity contribution >= 4 is 28.7 Å². The molecular formula is C14H12N4O. The third-order valence-corrected chi connectivity index (χ3v) is 3.01. The fourth-order valence-electron chi connectivity index (χ4n) is 2.10. The van der Waals surface area contributed by atoms with Gasteiger partial charge in [-0.25, -0.2) is 0 Å². The number of rotatable bonds is 3. The second kappa shape index (κ2) is 4.45. The Morgan fingerprint density at radius 2 is 2.21 bits per heavy atom. The molecule has 2 aromatic heterocycles. The lowest BCUT2D eigenvalue weighted by Gasteiger charge is -2.02. The number of pyridine rings is 1. The molecule has 0 fully saturated rings. The molecule has 3 rings (SSSR count). The molecule has 5 heteroatoms. The van der Waals surface area contributed by atoms with Gasteiger partial charge in [0.1, 0.15) is 0 Å². The third-order valence-electron chi connectivity index (χ3n) is 3.01. The summed E-state index contributed by atoms with van der Waals surface area (Å²) in [6.45, 7) is 0. The molecule has 94 valence electrons. The number of carbonyl (C=O) groups excluding carboxylic acids is 1. The molecule has 0 bridgehead atoms. The van der Waals surface area contributed by atoms with Gasteiger partial charge in [-0.05, 0) is 30.3 Å². The second-order valence-corrected chi connectivity index (χ2v) is 4.18. The van der Waals surface area contributed by atoms with E-state index in [0.29, 0.717) is 17.8 Å². The van der Waals surface area contributed by atoms with Gasteiger partial charge in [0.2, 0.25) is 6.41 Å². The maximum atomic E-state index is 10.6. The number of carbonyl (C=O) groups is 1. The lowest BCUT2D eigenvalue weighted by Crippen LogP contribution is -1.95. The van der Waals surface area contributed by atoms with Crippen LogP contribution in [0.4, 0.5) is 11.4 Å². The number of nitrogens with one attached hydrogen (secondary N) is 2. The van der Waals surface area contributed by atoms with Crippen molar-refractivity contribution in [1.82, 2.24) is 9.97 Å².